The van der Waals surface area contributed by atoms with Crippen LogP contribution in [0, 0.1) is 5.82 Å². The molecule has 0 spiro atoms. The standard InChI is InChI=1S/C26H25FN2O6/c1-18(30)19-7-8-23(22(27)15-19)28-10-12-29(13-11-28)24(31)17-35-26(32)25-20(9-14-33-25)16-34-21-5-3-2-4-6-21/h2-9,14-15H,10-13,16-17H2,1H3. The monoisotopic (exact) mass is 480 g/mol. The van der Waals surface area contributed by atoms with Gasteiger partial charge in [0.15, 0.2) is 12.4 Å². The van der Waals surface area contributed by atoms with Crippen LogP contribution in [0.25, 0.3) is 0 Å². The van der Waals surface area contributed by atoms with Crippen LogP contribution in [-0.4, -0.2) is 55.3 Å². The van der Waals surface area contributed by atoms with Gasteiger partial charge in [-0.3, -0.25) is 9.59 Å². The van der Waals surface area contributed by atoms with E-state index in [1.807, 2.05) is 23.1 Å². The van der Waals surface area contributed by atoms with E-state index in [0.717, 1.165) is 0 Å². The van der Waals surface area contributed by atoms with Gasteiger partial charge in [-0.05, 0) is 43.3 Å². The number of halogens is 1. The SMILES string of the molecule is CC(=O)c1ccc(N2CCN(C(=O)COC(=O)c3occc3COc3ccccc3)CC2)c(F)c1. The van der Waals surface area contributed by atoms with Gasteiger partial charge in [0, 0.05) is 37.3 Å². The van der Waals surface area contributed by atoms with Crippen LogP contribution in [0.1, 0.15) is 33.4 Å². The highest BCUT2D eigenvalue weighted by Crippen LogP contribution is 2.22. The van der Waals surface area contributed by atoms with E-state index in [1.54, 1.807) is 35.2 Å². The van der Waals surface area contributed by atoms with E-state index < -0.39 is 18.4 Å². The summed E-state index contributed by atoms with van der Waals surface area (Å²) in [6.07, 6.45) is 1.36. The van der Waals surface area contributed by atoms with Crippen molar-refractivity contribution in [3.63, 3.8) is 0 Å². The van der Waals surface area contributed by atoms with Crippen molar-refractivity contribution in [3.05, 3.63) is 83.6 Å². The average Bonchev–Trinajstić information content (AvgIpc) is 3.35. The van der Waals surface area contributed by atoms with Crippen LogP contribution in [0.15, 0.2) is 65.3 Å². The fraction of sp³-hybridized carbons (Fsp3) is 0.269. The molecular formula is C26H25FN2O6. The molecule has 1 amide bonds. The van der Waals surface area contributed by atoms with Crippen LogP contribution < -0.4 is 9.64 Å². The number of rotatable bonds is 8. The maximum absolute atomic E-state index is 14.4. The second-order valence-corrected chi connectivity index (χ2v) is 8.04. The molecule has 2 heterocycles. The number of carbonyl (C=O) groups is 3. The average molecular weight is 480 g/mol. The number of ketones is 1. The van der Waals surface area contributed by atoms with E-state index in [-0.39, 0.29) is 24.1 Å². The molecular weight excluding hydrogens is 455 g/mol. The highest BCUT2D eigenvalue weighted by molar-refractivity contribution is 5.94. The molecule has 35 heavy (non-hydrogen) atoms. The Kier molecular flexibility index (Phi) is 7.45. The lowest BCUT2D eigenvalue weighted by Gasteiger charge is -2.36. The molecule has 2 aromatic carbocycles. The number of piperazine rings is 1. The smallest absolute Gasteiger partial charge is 0.375 e. The summed E-state index contributed by atoms with van der Waals surface area (Å²) in [5, 5.41) is 0. The number of Topliss-reactive ketones (excluding diaryl/α,β-unsaturated/α-hetero) is 1. The van der Waals surface area contributed by atoms with Gasteiger partial charge in [0.1, 0.15) is 18.2 Å². The molecule has 1 aromatic heterocycles. The lowest BCUT2D eigenvalue weighted by Crippen LogP contribution is -2.50. The molecule has 9 heteroatoms. The number of carbonyl (C=O) groups excluding carboxylic acids is 3. The number of esters is 1. The molecule has 0 aliphatic carbocycles. The number of benzene rings is 2. The first-order chi connectivity index (χ1) is 16.9. The minimum atomic E-state index is -0.749. The van der Waals surface area contributed by atoms with Crippen molar-refractivity contribution in [1.82, 2.24) is 4.90 Å². The zero-order valence-corrected chi connectivity index (χ0v) is 19.2. The lowest BCUT2D eigenvalue weighted by atomic mass is 10.1. The van der Waals surface area contributed by atoms with Gasteiger partial charge in [0.05, 0.1) is 12.0 Å². The lowest BCUT2D eigenvalue weighted by molar-refractivity contribution is -0.134. The van der Waals surface area contributed by atoms with Gasteiger partial charge in [-0.25, -0.2) is 9.18 Å². The van der Waals surface area contributed by atoms with E-state index >= 15 is 0 Å². The Bertz CT molecular complexity index is 1200. The Hall–Kier alpha value is -4.14. The zero-order valence-electron chi connectivity index (χ0n) is 19.2. The molecule has 4 rings (SSSR count). The van der Waals surface area contributed by atoms with Crippen LogP contribution in [0.2, 0.25) is 0 Å². The predicted molar refractivity (Wildman–Crippen MR) is 125 cm³/mol. The molecule has 1 fully saturated rings. The van der Waals surface area contributed by atoms with E-state index in [1.165, 1.54) is 19.3 Å². The summed E-state index contributed by atoms with van der Waals surface area (Å²) in [5.41, 5.74) is 1.21. The van der Waals surface area contributed by atoms with Gasteiger partial charge in [-0.1, -0.05) is 18.2 Å². The third kappa shape index (κ3) is 5.87. The number of anilines is 1. The second-order valence-electron chi connectivity index (χ2n) is 8.04. The van der Waals surface area contributed by atoms with Gasteiger partial charge in [-0.15, -0.1) is 0 Å². The maximum atomic E-state index is 14.4. The Balaban J connectivity index is 1.26. The van der Waals surface area contributed by atoms with Crippen molar-refractivity contribution in [2.24, 2.45) is 0 Å². The molecule has 0 bridgehead atoms. The fourth-order valence-electron chi connectivity index (χ4n) is 3.77. The molecule has 0 N–H and O–H groups in total. The number of ether oxygens (including phenoxy) is 2. The predicted octanol–water partition coefficient (Wildman–Crippen LogP) is 3.71. The Morgan fingerprint density at radius 3 is 2.43 bits per heavy atom. The van der Waals surface area contributed by atoms with Gasteiger partial charge >= 0.3 is 5.97 Å². The van der Waals surface area contributed by atoms with E-state index in [2.05, 4.69) is 0 Å². The van der Waals surface area contributed by atoms with Gasteiger partial charge < -0.3 is 23.7 Å². The molecule has 0 saturated carbocycles. The summed E-state index contributed by atoms with van der Waals surface area (Å²) in [6.45, 7) is 2.59. The number of furan rings is 1. The van der Waals surface area contributed by atoms with Crippen LogP contribution >= 0.6 is 0 Å². The van der Waals surface area contributed by atoms with Crippen molar-refractivity contribution in [1.29, 1.82) is 0 Å². The van der Waals surface area contributed by atoms with E-state index in [9.17, 15) is 18.8 Å². The number of amides is 1. The van der Waals surface area contributed by atoms with Gasteiger partial charge in [0.2, 0.25) is 5.76 Å². The first kappa shape index (κ1) is 24.0. The zero-order chi connectivity index (χ0) is 24.8. The molecule has 1 aliphatic rings. The molecule has 0 radical (unpaired) electrons. The number of hydrogen-bond acceptors (Lipinski definition) is 7. The minimum absolute atomic E-state index is 0.0111. The van der Waals surface area contributed by atoms with Crippen LogP contribution in [-0.2, 0) is 16.1 Å². The van der Waals surface area contributed by atoms with Crippen LogP contribution in [0.3, 0.4) is 0 Å². The van der Waals surface area contributed by atoms with Gasteiger partial charge in [-0.2, -0.15) is 0 Å². The fourth-order valence-corrected chi connectivity index (χ4v) is 3.77. The van der Waals surface area contributed by atoms with Crippen molar-refractivity contribution in [3.8, 4) is 5.75 Å². The topological polar surface area (TPSA) is 89.3 Å². The molecule has 8 nitrogen and oxygen atoms in total. The third-order valence-corrected chi connectivity index (χ3v) is 5.72. The number of nitrogens with zero attached hydrogens (tertiary/aromatic N) is 2. The van der Waals surface area contributed by atoms with Crippen molar-refractivity contribution in [2.45, 2.75) is 13.5 Å². The maximum Gasteiger partial charge on any atom is 0.375 e. The Morgan fingerprint density at radius 2 is 1.74 bits per heavy atom. The molecule has 0 unspecified atom stereocenters. The normalized spacial score (nSPS) is 13.4. The number of para-hydroxylation sites is 1. The molecule has 0 atom stereocenters. The van der Waals surface area contributed by atoms with Crippen LogP contribution in [0.4, 0.5) is 10.1 Å². The summed E-state index contributed by atoms with van der Waals surface area (Å²) in [6, 6.07) is 15.1. The first-order valence-corrected chi connectivity index (χ1v) is 11.2. The highest BCUT2D eigenvalue weighted by Gasteiger charge is 2.25. The third-order valence-electron chi connectivity index (χ3n) is 5.72. The second kappa shape index (κ2) is 10.9. The van der Waals surface area contributed by atoms with Crippen molar-refractivity contribution in [2.75, 3.05) is 37.7 Å². The summed E-state index contributed by atoms with van der Waals surface area (Å²) >= 11 is 0. The largest absolute Gasteiger partial charge is 0.489 e. The summed E-state index contributed by atoms with van der Waals surface area (Å²) in [4.78, 5) is 39.8. The highest BCUT2D eigenvalue weighted by atomic mass is 19.1. The quantitative estimate of drug-likeness (QED) is 0.359. The van der Waals surface area contributed by atoms with E-state index in [4.69, 9.17) is 13.9 Å². The molecule has 1 saturated heterocycles. The summed E-state index contributed by atoms with van der Waals surface area (Å²) in [7, 11) is 0. The van der Waals surface area contributed by atoms with Crippen LogP contribution in [0.5, 0.6) is 5.75 Å². The molecule has 1 aliphatic heterocycles. The Labute approximate surface area is 201 Å². The van der Waals surface area contributed by atoms with E-state index in [0.29, 0.717) is 48.7 Å². The summed E-state index contributed by atoms with van der Waals surface area (Å²) < 4.78 is 30.5. The number of hydrogen-bond donors (Lipinski definition) is 0. The van der Waals surface area contributed by atoms with Gasteiger partial charge in [0.25, 0.3) is 5.91 Å². The van der Waals surface area contributed by atoms with Crippen molar-refractivity contribution >= 4 is 23.3 Å². The first-order valence-electron chi connectivity index (χ1n) is 11.2. The molecule has 3 aromatic rings. The molecule has 182 valence electrons. The summed E-state index contributed by atoms with van der Waals surface area (Å²) in [5.74, 6) is -1.14. The minimum Gasteiger partial charge on any atom is -0.489 e. The van der Waals surface area contributed by atoms with Crippen molar-refractivity contribution < 1.29 is 32.7 Å². The Morgan fingerprint density at radius 1 is 1.00 bits per heavy atom.